The van der Waals surface area contributed by atoms with Crippen molar-refractivity contribution in [3.63, 3.8) is 0 Å². The standard InChI is InChI=1S/C19H28N4O4S/c1-21(2)18(24)14-23-13-16-8-10-22(11-9-17(16)28(23,26)27)19(25)20-12-15-6-4-3-5-7-15/h3-7,16-17H,8-14H2,1-2H3,(H,20,25)/t16-,17+/m0/s1. The first-order valence-corrected chi connectivity index (χ1v) is 11.0. The van der Waals surface area contributed by atoms with E-state index in [0.717, 1.165) is 5.56 Å². The summed E-state index contributed by atoms with van der Waals surface area (Å²) in [5, 5.41) is 2.39. The summed E-state index contributed by atoms with van der Waals surface area (Å²) in [6, 6.07) is 9.50. The number of carbonyl (C=O) groups excluding carboxylic acids is 2. The van der Waals surface area contributed by atoms with Gasteiger partial charge in [-0.2, -0.15) is 4.31 Å². The van der Waals surface area contributed by atoms with Gasteiger partial charge in [-0.15, -0.1) is 0 Å². The minimum Gasteiger partial charge on any atom is -0.348 e. The molecule has 0 aromatic heterocycles. The number of benzene rings is 1. The van der Waals surface area contributed by atoms with E-state index in [2.05, 4.69) is 5.32 Å². The molecule has 1 aromatic carbocycles. The smallest absolute Gasteiger partial charge is 0.317 e. The van der Waals surface area contributed by atoms with Crippen LogP contribution in [0.2, 0.25) is 0 Å². The van der Waals surface area contributed by atoms with Crippen molar-refractivity contribution in [2.75, 3.05) is 40.3 Å². The van der Waals surface area contributed by atoms with Gasteiger partial charge >= 0.3 is 6.03 Å². The van der Waals surface area contributed by atoms with Crippen LogP contribution in [0.15, 0.2) is 30.3 Å². The zero-order chi connectivity index (χ0) is 20.3. The van der Waals surface area contributed by atoms with Crippen molar-refractivity contribution in [2.24, 2.45) is 5.92 Å². The lowest BCUT2D eigenvalue weighted by Crippen LogP contribution is -2.42. The maximum Gasteiger partial charge on any atom is 0.317 e. The Morgan fingerprint density at radius 2 is 1.82 bits per heavy atom. The van der Waals surface area contributed by atoms with Gasteiger partial charge in [-0.3, -0.25) is 4.79 Å². The quantitative estimate of drug-likeness (QED) is 0.795. The molecule has 2 aliphatic heterocycles. The summed E-state index contributed by atoms with van der Waals surface area (Å²) in [7, 11) is -0.277. The SMILES string of the molecule is CN(C)C(=O)CN1C[C@@H]2CCN(C(=O)NCc3ccccc3)CC[C@H]2S1(=O)=O. The number of sulfonamides is 1. The van der Waals surface area contributed by atoms with E-state index in [1.54, 1.807) is 19.0 Å². The van der Waals surface area contributed by atoms with Crippen molar-refractivity contribution in [1.82, 2.24) is 19.4 Å². The molecule has 1 aromatic rings. The Hall–Kier alpha value is -2.13. The van der Waals surface area contributed by atoms with Gasteiger partial charge in [0.05, 0.1) is 11.8 Å². The molecule has 2 aliphatic rings. The fourth-order valence-electron chi connectivity index (χ4n) is 3.83. The Kier molecular flexibility index (Phi) is 6.24. The van der Waals surface area contributed by atoms with Gasteiger partial charge < -0.3 is 15.1 Å². The molecule has 0 unspecified atom stereocenters. The maximum absolute atomic E-state index is 12.9. The van der Waals surface area contributed by atoms with Gasteiger partial charge in [-0.1, -0.05) is 30.3 Å². The molecular weight excluding hydrogens is 380 g/mol. The third-order valence-corrected chi connectivity index (χ3v) is 7.93. The van der Waals surface area contributed by atoms with E-state index in [1.807, 2.05) is 30.3 Å². The van der Waals surface area contributed by atoms with Gasteiger partial charge in [0.25, 0.3) is 0 Å². The molecule has 1 N–H and O–H groups in total. The number of rotatable bonds is 4. The Balaban J connectivity index is 1.58. The predicted octanol–water partition coefficient (Wildman–Crippen LogP) is 0.710. The Morgan fingerprint density at radius 1 is 1.14 bits per heavy atom. The monoisotopic (exact) mass is 408 g/mol. The molecule has 2 saturated heterocycles. The van der Waals surface area contributed by atoms with Gasteiger partial charge in [0.15, 0.2) is 0 Å². The van der Waals surface area contributed by atoms with Crippen LogP contribution in [0.4, 0.5) is 4.79 Å². The summed E-state index contributed by atoms with van der Waals surface area (Å²) in [4.78, 5) is 27.5. The van der Waals surface area contributed by atoms with E-state index in [0.29, 0.717) is 39.0 Å². The third kappa shape index (κ3) is 4.47. The highest BCUT2D eigenvalue weighted by Crippen LogP contribution is 2.34. The number of likely N-dealkylation sites (tertiary alicyclic amines) is 1. The molecule has 3 amide bonds. The van der Waals surface area contributed by atoms with Gasteiger partial charge in [0, 0.05) is 40.3 Å². The minimum absolute atomic E-state index is 0.0492. The van der Waals surface area contributed by atoms with E-state index in [1.165, 1.54) is 9.21 Å². The second-order valence-corrected chi connectivity index (χ2v) is 9.78. The van der Waals surface area contributed by atoms with Crippen LogP contribution in [-0.2, 0) is 21.4 Å². The molecule has 0 bridgehead atoms. The number of urea groups is 1. The summed E-state index contributed by atoms with van der Waals surface area (Å²) < 4.78 is 27.0. The summed E-state index contributed by atoms with van der Waals surface area (Å²) in [5.41, 5.74) is 1.02. The molecule has 0 spiro atoms. The first kappa shape index (κ1) is 20.6. The van der Waals surface area contributed by atoms with Crippen molar-refractivity contribution in [2.45, 2.75) is 24.6 Å². The van der Waals surface area contributed by atoms with Crippen LogP contribution in [-0.4, -0.2) is 80.0 Å². The number of nitrogens with zero attached hydrogens (tertiary/aromatic N) is 3. The summed E-state index contributed by atoms with van der Waals surface area (Å²) in [6.07, 6.45) is 1.02. The number of hydrogen-bond donors (Lipinski definition) is 1. The maximum atomic E-state index is 12.9. The molecule has 28 heavy (non-hydrogen) atoms. The lowest BCUT2D eigenvalue weighted by atomic mass is 10.0. The molecule has 2 atom stereocenters. The number of fused-ring (bicyclic) bond motifs is 1. The van der Waals surface area contributed by atoms with Crippen LogP contribution in [0.1, 0.15) is 18.4 Å². The number of likely N-dealkylation sites (N-methyl/N-ethyl adjacent to an activating group) is 1. The molecule has 0 radical (unpaired) electrons. The highest BCUT2D eigenvalue weighted by Gasteiger charge is 2.47. The Labute approximate surface area is 166 Å². The van der Waals surface area contributed by atoms with E-state index >= 15 is 0 Å². The summed E-state index contributed by atoms with van der Waals surface area (Å²) in [6.45, 7) is 1.61. The summed E-state index contributed by atoms with van der Waals surface area (Å²) in [5.74, 6) is -0.270. The van der Waals surface area contributed by atoms with Crippen molar-refractivity contribution in [3.8, 4) is 0 Å². The van der Waals surface area contributed by atoms with Crippen LogP contribution in [0.25, 0.3) is 0 Å². The largest absolute Gasteiger partial charge is 0.348 e. The topological polar surface area (TPSA) is 90.0 Å². The summed E-state index contributed by atoms with van der Waals surface area (Å²) >= 11 is 0. The van der Waals surface area contributed by atoms with Gasteiger partial charge in [-0.05, 0) is 24.3 Å². The first-order valence-electron chi connectivity index (χ1n) is 9.55. The van der Waals surface area contributed by atoms with Gasteiger partial charge in [-0.25, -0.2) is 13.2 Å². The van der Waals surface area contributed by atoms with Crippen molar-refractivity contribution >= 4 is 22.0 Å². The van der Waals surface area contributed by atoms with Crippen LogP contribution in [0, 0.1) is 5.92 Å². The Bertz CT molecular complexity index is 812. The lowest BCUT2D eigenvalue weighted by molar-refractivity contribution is -0.128. The van der Waals surface area contributed by atoms with Crippen molar-refractivity contribution < 1.29 is 18.0 Å². The number of nitrogens with one attached hydrogen (secondary N) is 1. The number of hydrogen-bond acceptors (Lipinski definition) is 4. The molecule has 2 fully saturated rings. The van der Waals surface area contributed by atoms with Crippen LogP contribution >= 0.6 is 0 Å². The van der Waals surface area contributed by atoms with Crippen LogP contribution < -0.4 is 5.32 Å². The average molecular weight is 409 g/mol. The minimum atomic E-state index is -3.52. The second kappa shape index (κ2) is 8.48. The van der Waals surface area contributed by atoms with Crippen molar-refractivity contribution in [3.05, 3.63) is 35.9 Å². The van der Waals surface area contributed by atoms with E-state index in [9.17, 15) is 18.0 Å². The van der Waals surface area contributed by atoms with E-state index < -0.39 is 15.3 Å². The molecular formula is C19H28N4O4S. The normalized spacial score (nSPS) is 24.3. The molecule has 0 aliphatic carbocycles. The fourth-order valence-corrected chi connectivity index (χ4v) is 6.02. The zero-order valence-corrected chi connectivity index (χ0v) is 17.2. The zero-order valence-electron chi connectivity index (χ0n) is 16.4. The molecule has 2 heterocycles. The highest BCUT2D eigenvalue weighted by atomic mass is 32.2. The van der Waals surface area contributed by atoms with E-state index in [-0.39, 0.29) is 24.4 Å². The number of carbonyl (C=O) groups is 2. The van der Waals surface area contributed by atoms with Gasteiger partial charge in [0.1, 0.15) is 0 Å². The van der Waals surface area contributed by atoms with Crippen LogP contribution in [0.5, 0.6) is 0 Å². The molecule has 154 valence electrons. The number of amides is 3. The van der Waals surface area contributed by atoms with Gasteiger partial charge in [0.2, 0.25) is 15.9 Å². The van der Waals surface area contributed by atoms with Crippen LogP contribution in [0.3, 0.4) is 0 Å². The predicted molar refractivity (Wildman–Crippen MR) is 106 cm³/mol. The molecule has 3 rings (SSSR count). The second-order valence-electron chi connectivity index (χ2n) is 7.63. The first-order chi connectivity index (χ1) is 13.3. The molecule has 0 saturated carbocycles. The lowest BCUT2D eigenvalue weighted by Gasteiger charge is -2.23. The molecule has 9 heteroatoms. The highest BCUT2D eigenvalue weighted by molar-refractivity contribution is 7.90. The Morgan fingerprint density at radius 3 is 2.50 bits per heavy atom. The average Bonchev–Trinajstić information content (AvgIpc) is 2.81. The third-order valence-electron chi connectivity index (χ3n) is 5.54. The molecule has 8 nitrogen and oxygen atoms in total. The fraction of sp³-hybridized carbons (Fsp3) is 0.579. The van der Waals surface area contributed by atoms with E-state index in [4.69, 9.17) is 0 Å². The van der Waals surface area contributed by atoms with Crippen molar-refractivity contribution in [1.29, 1.82) is 0 Å².